The Morgan fingerprint density at radius 3 is 0.729 bits per heavy atom. The first-order valence-electron chi connectivity index (χ1n) is 20.6. The van der Waals surface area contributed by atoms with E-state index in [1.165, 1.54) is 60.4 Å². The molecule has 0 bridgehead atoms. The van der Waals surface area contributed by atoms with E-state index in [0.717, 1.165) is 4.48 Å². The van der Waals surface area contributed by atoms with Crippen molar-refractivity contribution in [2.24, 2.45) is 0 Å². The fourth-order valence-electron chi connectivity index (χ4n) is 8.96. The Balaban J connectivity index is 0.000000198. The molecule has 0 atom stereocenters. The van der Waals surface area contributed by atoms with Crippen molar-refractivity contribution >= 4 is 56.0 Å². The van der Waals surface area contributed by atoms with E-state index in [-0.39, 0.29) is 29.6 Å². The second-order valence-electron chi connectivity index (χ2n) is 17.2. The monoisotopic (exact) mass is 777 g/mol. The summed E-state index contributed by atoms with van der Waals surface area (Å²) in [5, 5.41) is 0. The number of rotatable bonds is 8. The molecule has 0 radical (unpaired) electrons. The van der Waals surface area contributed by atoms with E-state index in [0.29, 0.717) is 0 Å². The maximum atomic E-state index is 2.36. The van der Waals surface area contributed by atoms with Gasteiger partial charge in [-0.2, -0.15) is 43.7 Å². The molecule has 1 nitrogen and oxygen atoms in total. The van der Waals surface area contributed by atoms with Gasteiger partial charge in [0.25, 0.3) is 0 Å². The zero-order valence-corrected chi connectivity index (χ0v) is 38.5. The summed E-state index contributed by atoms with van der Waals surface area (Å²) in [6.45, 7) is 6.56. The van der Waals surface area contributed by atoms with E-state index >= 15 is 0 Å². The van der Waals surface area contributed by atoms with Gasteiger partial charge < -0.3 is 4.48 Å². The summed E-state index contributed by atoms with van der Waals surface area (Å²) >= 11 is 0. The fraction of sp³-hybridized carbons (Fsp3) is 0.127. The molecule has 8 rings (SSSR count). The smallest absolute Gasteiger partial charge is 0.333 e. The normalized spacial score (nSPS) is 11.2. The minimum Gasteiger partial charge on any atom is -0.333 e. The van der Waals surface area contributed by atoms with Crippen molar-refractivity contribution in [3.8, 4) is 0 Å². The van der Waals surface area contributed by atoms with Gasteiger partial charge in [0.15, 0.2) is 0 Å². The molecular formula is C55H58B2NNa. The molecule has 0 amide bonds. The van der Waals surface area contributed by atoms with Crippen LogP contribution in [0.3, 0.4) is 0 Å². The molecule has 0 saturated heterocycles. The van der Waals surface area contributed by atoms with Crippen LogP contribution in [-0.4, -0.2) is 45.0 Å². The molecule has 0 unspecified atom stereocenters. The molecule has 0 spiro atoms. The van der Waals surface area contributed by atoms with E-state index < -0.39 is 12.3 Å². The van der Waals surface area contributed by atoms with Gasteiger partial charge >= 0.3 is 29.6 Å². The minimum atomic E-state index is -1.25. The topological polar surface area (TPSA) is 0 Å². The average molecular weight is 778 g/mol. The average Bonchev–Trinajstić information content (AvgIpc) is 3.23. The predicted molar refractivity (Wildman–Crippen MR) is 258 cm³/mol. The van der Waals surface area contributed by atoms with Crippen molar-refractivity contribution in [1.29, 1.82) is 0 Å². The first-order valence-corrected chi connectivity index (χ1v) is 20.6. The Hall–Kier alpha value is -5.15. The van der Waals surface area contributed by atoms with Crippen LogP contribution in [0.4, 0.5) is 0 Å². The van der Waals surface area contributed by atoms with Gasteiger partial charge in [-0.15, -0.1) is 0 Å². The van der Waals surface area contributed by atoms with Gasteiger partial charge in [-0.3, -0.25) is 0 Å². The molecular weight excluding hydrogens is 719 g/mol. The third-order valence-electron chi connectivity index (χ3n) is 11.1. The van der Waals surface area contributed by atoms with Crippen LogP contribution in [0.15, 0.2) is 224 Å². The number of benzene rings is 8. The van der Waals surface area contributed by atoms with Gasteiger partial charge in [0.1, 0.15) is 12.3 Å². The molecule has 0 aliphatic carbocycles. The number of hydrogen-bond donors (Lipinski definition) is 0. The van der Waals surface area contributed by atoms with Crippen LogP contribution in [0.2, 0.25) is 0 Å². The first-order chi connectivity index (χ1) is 28.0. The Morgan fingerprint density at radius 2 is 0.475 bits per heavy atom. The van der Waals surface area contributed by atoms with Gasteiger partial charge in [-0.25, -0.2) is 0 Å². The van der Waals surface area contributed by atoms with Crippen molar-refractivity contribution in [3.05, 3.63) is 241 Å². The Kier molecular flexibility index (Phi) is 15.8. The van der Waals surface area contributed by atoms with Crippen molar-refractivity contribution in [2.45, 2.75) is 20.8 Å². The Morgan fingerprint density at radius 1 is 0.254 bits per heavy atom. The number of hydrogen-bond acceptors (Lipinski definition) is 0. The van der Waals surface area contributed by atoms with Crippen LogP contribution in [0.25, 0.3) is 0 Å². The maximum Gasteiger partial charge on any atom is 1.00 e. The van der Waals surface area contributed by atoms with Gasteiger partial charge in [-0.1, -0.05) is 241 Å². The Labute approximate surface area is 377 Å². The Bertz CT molecular complexity index is 2230. The third kappa shape index (κ3) is 10.7. The SMILES string of the molecule is C[N+](C)(C)C.Cc1cc(C)cc([B-](c2ccccc2)(c2ccccc2)c2ccccc2)c1.Cc1cccc([B-](c2ccccc2)(c2ccccc2)c2ccccc2)c1.[Na+]. The van der Waals surface area contributed by atoms with Crippen molar-refractivity contribution in [3.63, 3.8) is 0 Å². The molecule has 8 aromatic carbocycles. The molecule has 59 heavy (non-hydrogen) atoms. The van der Waals surface area contributed by atoms with Gasteiger partial charge in [0.05, 0.1) is 28.2 Å². The first kappa shape index (κ1) is 44.9. The largest absolute Gasteiger partial charge is 1.00 e. The quantitative estimate of drug-likeness (QED) is 0.159. The second kappa shape index (κ2) is 20.7. The van der Waals surface area contributed by atoms with Crippen LogP contribution >= 0.6 is 0 Å². The van der Waals surface area contributed by atoms with Crippen LogP contribution in [0.1, 0.15) is 16.7 Å². The van der Waals surface area contributed by atoms with Crippen molar-refractivity contribution < 1.29 is 34.0 Å². The zero-order chi connectivity index (χ0) is 41.0. The van der Waals surface area contributed by atoms with E-state index in [9.17, 15) is 0 Å². The van der Waals surface area contributed by atoms with Crippen molar-refractivity contribution in [2.75, 3.05) is 28.2 Å². The fourth-order valence-corrected chi connectivity index (χ4v) is 8.96. The molecule has 0 aliphatic heterocycles. The summed E-state index contributed by atoms with van der Waals surface area (Å²) in [4.78, 5) is 0. The second-order valence-corrected chi connectivity index (χ2v) is 17.2. The van der Waals surface area contributed by atoms with E-state index in [2.05, 4.69) is 273 Å². The van der Waals surface area contributed by atoms with Crippen molar-refractivity contribution in [1.82, 2.24) is 0 Å². The van der Waals surface area contributed by atoms with E-state index in [1.807, 2.05) is 0 Å². The summed E-state index contributed by atoms with van der Waals surface area (Å²) in [6, 6.07) is 81.6. The summed E-state index contributed by atoms with van der Waals surface area (Å²) in [7, 11) is 8.50. The zero-order valence-electron chi connectivity index (χ0n) is 36.5. The molecule has 0 N–H and O–H groups in total. The third-order valence-corrected chi connectivity index (χ3v) is 11.1. The van der Waals surface area contributed by atoms with E-state index in [4.69, 9.17) is 0 Å². The standard InChI is InChI=1S/C26H24B.C25H22B.C4H12N.Na/c1-21-18-22(2)20-26(19-21)27(23-12-6-3-7-13-23,24-14-8-4-9-15-24)25-16-10-5-11-17-25;1-21-12-11-19-25(20-21)26(22-13-5-2-6-14-22,23-15-7-3-8-16-23)24-17-9-4-10-18-24;1-5(2,3)4;/h3-20H,1-2H3;2-20H,1H3;1-4H3;/q2*-1;2*+1. The molecule has 0 fully saturated rings. The summed E-state index contributed by atoms with van der Waals surface area (Å²) < 4.78 is 1.00. The molecule has 0 saturated carbocycles. The molecule has 4 heteroatoms. The van der Waals surface area contributed by atoms with Gasteiger partial charge in [-0.05, 0) is 20.8 Å². The summed E-state index contributed by atoms with van der Waals surface area (Å²) in [6.07, 6.45) is -2.49. The van der Waals surface area contributed by atoms with Crippen LogP contribution < -0.4 is 73.3 Å². The molecule has 0 aliphatic rings. The minimum absolute atomic E-state index is 0. The molecule has 290 valence electrons. The van der Waals surface area contributed by atoms with E-state index in [1.54, 1.807) is 0 Å². The van der Waals surface area contributed by atoms with Crippen LogP contribution in [0.5, 0.6) is 0 Å². The predicted octanol–water partition coefficient (Wildman–Crippen LogP) is 4.38. The number of quaternary nitrogens is 1. The van der Waals surface area contributed by atoms with Crippen LogP contribution in [0, 0.1) is 20.8 Å². The molecule has 0 aromatic heterocycles. The summed E-state index contributed by atoms with van der Waals surface area (Å²) in [5.41, 5.74) is 14.7. The van der Waals surface area contributed by atoms with Gasteiger partial charge in [0, 0.05) is 0 Å². The number of aryl methyl sites for hydroxylation is 3. The molecule has 8 aromatic rings. The number of nitrogens with zero attached hydrogens (tertiary/aromatic N) is 1. The van der Waals surface area contributed by atoms with Crippen LogP contribution in [-0.2, 0) is 0 Å². The summed E-state index contributed by atoms with van der Waals surface area (Å²) in [5.74, 6) is 0. The van der Waals surface area contributed by atoms with Gasteiger partial charge in [0.2, 0.25) is 0 Å². The maximum absolute atomic E-state index is 2.36. The molecule has 0 heterocycles.